The molecule has 4 N–H and O–H groups in total. The van der Waals surface area contributed by atoms with E-state index in [-0.39, 0.29) is 31.0 Å². The van der Waals surface area contributed by atoms with Crippen molar-refractivity contribution in [2.75, 3.05) is 30.3 Å². The van der Waals surface area contributed by atoms with Crippen LogP contribution in [0.3, 0.4) is 0 Å². The Balaban J connectivity index is 1.42. The maximum atomic E-state index is 14.6. The van der Waals surface area contributed by atoms with E-state index in [2.05, 4.69) is 20.6 Å². The molecule has 1 unspecified atom stereocenters. The lowest BCUT2D eigenvalue weighted by Crippen LogP contribution is -2.52. The third-order valence-electron chi connectivity index (χ3n) is 6.42. The third-order valence-corrected chi connectivity index (χ3v) is 6.42. The second-order valence-corrected chi connectivity index (χ2v) is 8.84. The fourth-order valence-electron chi connectivity index (χ4n) is 4.05. The highest BCUT2D eigenvalue weighted by molar-refractivity contribution is 5.95. The van der Waals surface area contributed by atoms with Crippen LogP contribution in [0.15, 0.2) is 35.4 Å². The summed E-state index contributed by atoms with van der Waals surface area (Å²) in [6, 6.07) is 3.60. The Kier molecular flexibility index (Phi) is 6.55. The van der Waals surface area contributed by atoms with Gasteiger partial charge in [-0.2, -0.15) is 0 Å². The van der Waals surface area contributed by atoms with Gasteiger partial charge in [-0.1, -0.05) is 6.07 Å². The molecular formula is C23H28F2N6O2. The van der Waals surface area contributed by atoms with Gasteiger partial charge in [-0.25, -0.2) is 13.8 Å². The van der Waals surface area contributed by atoms with E-state index in [1.54, 1.807) is 24.1 Å². The first-order valence-electron chi connectivity index (χ1n) is 11.1. The van der Waals surface area contributed by atoms with Crippen molar-refractivity contribution in [2.24, 2.45) is 5.92 Å². The molecule has 0 radical (unpaired) electrons. The molecule has 4 rings (SSSR count). The molecule has 3 heterocycles. The molecule has 176 valence electrons. The number of nitrogens with zero attached hydrogens (tertiary/aromatic N) is 2. The van der Waals surface area contributed by atoms with E-state index in [9.17, 15) is 18.4 Å². The number of hydrogen-bond donors (Lipinski definition) is 4. The van der Waals surface area contributed by atoms with Crippen LogP contribution < -0.4 is 16.2 Å². The number of alkyl halides is 2. The van der Waals surface area contributed by atoms with Gasteiger partial charge in [-0.05, 0) is 37.3 Å². The molecule has 2 atom stereocenters. The summed E-state index contributed by atoms with van der Waals surface area (Å²) >= 11 is 0. The van der Waals surface area contributed by atoms with Gasteiger partial charge in [0.25, 0.3) is 5.92 Å². The number of nitrogens with one attached hydrogen (secondary N) is 4. The molecule has 2 aromatic heterocycles. The van der Waals surface area contributed by atoms with Crippen molar-refractivity contribution in [2.45, 2.75) is 44.1 Å². The summed E-state index contributed by atoms with van der Waals surface area (Å²) in [5.41, 5.74) is 1.34. The largest absolute Gasteiger partial charge is 0.383 e. The number of aromatic nitrogens is 2. The molecule has 1 aliphatic heterocycles. The molecule has 1 aliphatic carbocycles. The van der Waals surface area contributed by atoms with Gasteiger partial charge in [-0.3, -0.25) is 14.5 Å². The van der Waals surface area contributed by atoms with Crippen molar-refractivity contribution in [3.05, 3.63) is 52.1 Å². The number of anilines is 2. The molecule has 1 saturated carbocycles. The zero-order valence-electron chi connectivity index (χ0n) is 18.4. The number of pyridine rings is 2. The number of aromatic amines is 1. The lowest BCUT2D eigenvalue weighted by Gasteiger charge is -2.40. The predicted octanol–water partition coefficient (Wildman–Crippen LogP) is 3.04. The molecule has 0 aromatic carbocycles. The summed E-state index contributed by atoms with van der Waals surface area (Å²) in [5, 5.41) is 13.7. The highest BCUT2D eigenvalue weighted by atomic mass is 19.3. The minimum absolute atomic E-state index is 0.0170. The Labute approximate surface area is 190 Å². The molecule has 1 amide bonds. The van der Waals surface area contributed by atoms with Crippen LogP contribution in [0.1, 0.15) is 43.2 Å². The van der Waals surface area contributed by atoms with Crippen molar-refractivity contribution in [3.8, 4) is 0 Å². The quantitative estimate of drug-likeness (QED) is 0.454. The molecule has 1 saturated heterocycles. The van der Waals surface area contributed by atoms with Crippen molar-refractivity contribution >= 4 is 23.6 Å². The van der Waals surface area contributed by atoms with Crippen LogP contribution in [0, 0.1) is 11.3 Å². The number of likely N-dealkylation sites (tertiary alicyclic amines) is 1. The van der Waals surface area contributed by atoms with Crippen LogP contribution in [0.5, 0.6) is 0 Å². The van der Waals surface area contributed by atoms with Crippen LogP contribution in [0.2, 0.25) is 0 Å². The molecule has 0 spiro atoms. The van der Waals surface area contributed by atoms with E-state index < -0.39 is 17.9 Å². The summed E-state index contributed by atoms with van der Waals surface area (Å²) in [6.07, 6.45) is 6.15. The fraction of sp³-hybridized carbons (Fsp3) is 0.478. The van der Waals surface area contributed by atoms with Crippen LogP contribution in [-0.4, -0.2) is 58.6 Å². The predicted molar refractivity (Wildman–Crippen MR) is 122 cm³/mol. The molecule has 2 aliphatic rings. The molecule has 33 heavy (non-hydrogen) atoms. The molecule has 2 fully saturated rings. The summed E-state index contributed by atoms with van der Waals surface area (Å²) in [5.74, 6) is -3.45. The first-order valence-corrected chi connectivity index (χ1v) is 11.1. The number of carbonyl (C=O) groups is 1. The minimum Gasteiger partial charge on any atom is -0.383 e. The highest BCUT2D eigenvalue weighted by Gasteiger charge is 2.46. The first kappa shape index (κ1) is 23.0. The van der Waals surface area contributed by atoms with E-state index >= 15 is 0 Å². The second kappa shape index (κ2) is 9.38. The van der Waals surface area contributed by atoms with E-state index in [0.29, 0.717) is 22.9 Å². The van der Waals surface area contributed by atoms with Gasteiger partial charge in [0.1, 0.15) is 5.82 Å². The Hall–Kier alpha value is -3.14. The van der Waals surface area contributed by atoms with E-state index in [4.69, 9.17) is 5.41 Å². The fourth-order valence-corrected chi connectivity index (χ4v) is 4.05. The summed E-state index contributed by atoms with van der Waals surface area (Å²) in [4.78, 5) is 32.6. The minimum atomic E-state index is -2.94. The normalized spacial score (nSPS) is 21.2. The Morgan fingerprint density at radius 2 is 2.21 bits per heavy atom. The lowest BCUT2D eigenvalue weighted by atomic mass is 9.87. The molecule has 0 bridgehead atoms. The van der Waals surface area contributed by atoms with Gasteiger partial charge in [0.2, 0.25) is 11.5 Å². The smallest absolute Gasteiger partial charge is 0.257 e. The molecular weight excluding hydrogens is 430 g/mol. The second-order valence-electron chi connectivity index (χ2n) is 8.84. The van der Waals surface area contributed by atoms with Crippen LogP contribution in [0.4, 0.5) is 20.3 Å². The van der Waals surface area contributed by atoms with Crippen LogP contribution >= 0.6 is 0 Å². The van der Waals surface area contributed by atoms with Crippen molar-refractivity contribution in [1.82, 2.24) is 14.9 Å². The van der Waals surface area contributed by atoms with E-state index in [0.717, 1.165) is 12.2 Å². The van der Waals surface area contributed by atoms with Gasteiger partial charge in [0.15, 0.2) is 0 Å². The monoisotopic (exact) mass is 458 g/mol. The van der Waals surface area contributed by atoms with E-state index in [1.807, 2.05) is 0 Å². The zero-order chi connectivity index (χ0) is 23.6. The van der Waals surface area contributed by atoms with Crippen molar-refractivity contribution in [1.29, 1.82) is 5.41 Å². The lowest BCUT2D eigenvalue weighted by molar-refractivity contribution is -0.125. The van der Waals surface area contributed by atoms with Crippen molar-refractivity contribution in [3.63, 3.8) is 0 Å². The van der Waals surface area contributed by atoms with Gasteiger partial charge in [0, 0.05) is 50.1 Å². The van der Waals surface area contributed by atoms with Gasteiger partial charge >= 0.3 is 0 Å². The SMILES string of the molecule is CC(C(=O)Nc1cc(C=N)c(NCC2CC2)cn1)N1CCC(F)(F)[C@@H](c2ccc(=O)[nH]c2)C1. The van der Waals surface area contributed by atoms with E-state index in [1.165, 1.54) is 37.4 Å². The number of H-pyrrole nitrogens is 1. The number of carbonyl (C=O) groups excluding carboxylic acids is 1. The molecule has 2 aromatic rings. The highest BCUT2D eigenvalue weighted by Crippen LogP contribution is 2.40. The molecule has 10 heteroatoms. The Bertz CT molecular complexity index is 1060. The average molecular weight is 459 g/mol. The number of piperidine rings is 1. The van der Waals surface area contributed by atoms with Crippen molar-refractivity contribution < 1.29 is 13.6 Å². The number of halogens is 2. The number of rotatable bonds is 8. The Morgan fingerprint density at radius 3 is 2.88 bits per heavy atom. The third kappa shape index (κ3) is 5.44. The summed E-state index contributed by atoms with van der Waals surface area (Å²) in [6.45, 7) is 2.56. The standard InChI is InChI=1S/C23H28F2N6O2/c1-14(31-7-6-23(24,25)18(13-31)16-4-5-21(32)29-11-16)22(33)30-20-8-17(9-26)19(12-28-20)27-10-15-2-3-15/h4-5,8-9,11-12,14-15,18,26-27H,2-3,6-7,10,13H2,1H3,(H,29,32)(H,28,30,33)/t14?,18-/m1/s1. The number of hydrogen-bond acceptors (Lipinski definition) is 6. The average Bonchev–Trinajstić information content (AvgIpc) is 3.63. The van der Waals surface area contributed by atoms with Gasteiger partial charge in [0.05, 0.1) is 23.8 Å². The maximum absolute atomic E-state index is 14.6. The number of amides is 1. The van der Waals surface area contributed by atoms with Gasteiger partial charge < -0.3 is 21.0 Å². The van der Waals surface area contributed by atoms with Crippen LogP contribution in [0.25, 0.3) is 0 Å². The topological polar surface area (TPSA) is 114 Å². The summed E-state index contributed by atoms with van der Waals surface area (Å²) < 4.78 is 29.2. The molecule has 8 nitrogen and oxygen atoms in total. The summed E-state index contributed by atoms with van der Waals surface area (Å²) in [7, 11) is 0. The van der Waals surface area contributed by atoms with Crippen LogP contribution in [-0.2, 0) is 4.79 Å². The zero-order valence-corrected chi connectivity index (χ0v) is 18.4. The van der Waals surface area contributed by atoms with Gasteiger partial charge in [-0.15, -0.1) is 0 Å². The Morgan fingerprint density at radius 1 is 1.42 bits per heavy atom. The maximum Gasteiger partial charge on any atom is 0.257 e. The first-order chi connectivity index (χ1) is 15.8.